The average molecular weight is 455 g/mol. The summed E-state index contributed by atoms with van der Waals surface area (Å²) in [5.41, 5.74) is 0.491. The fourth-order valence-corrected chi connectivity index (χ4v) is 3.68. The highest BCUT2D eigenvalue weighted by molar-refractivity contribution is 5.94. The number of nitrogens with zero attached hydrogens (tertiary/aromatic N) is 1. The number of hydrogen-bond acceptors (Lipinski definition) is 6. The van der Waals surface area contributed by atoms with Crippen molar-refractivity contribution in [3.63, 3.8) is 0 Å². The van der Waals surface area contributed by atoms with Gasteiger partial charge in [-0.25, -0.2) is 0 Å². The third-order valence-electron chi connectivity index (χ3n) is 5.34. The van der Waals surface area contributed by atoms with Gasteiger partial charge in [0.15, 0.2) is 18.1 Å². The van der Waals surface area contributed by atoms with Gasteiger partial charge in [-0.15, -0.1) is 0 Å². The van der Waals surface area contributed by atoms with Gasteiger partial charge in [-0.05, 0) is 56.0 Å². The fourth-order valence-electron chi connectivity index (χ4n) is 3.68. The topological polar surface area (TPSA) is 94.2 Å². The largest absolute Gasteiger partial charge is 0.490 e. The fraction of sp³-hybridized carbons (Fsp3) is 0.400. The number of benzene rings is 2. The van der Waals surface area contributed by atoms with Crippen molar-refractivity contribution in [3.8, 4) is 17.2 Å². The van der Waals surface area contributed by atoms with Crippen molar-refractivity contribution >= 4 is 17.8 Å². The van der Waals surface area contributed by atoms with Crippen LogP contribution in [-0.4, -0.2) is 55.5 Å². The molecule has 2 aromatic rings. The molecule has 0 unspecified atom stereocenters. The maximum Gasteiger partial charge on any atom is 0.308 e. The molecule has 0 atom stereocenters. The van der Waals surface area contributed by atoms with Gasteiger partial charge in [0.05, 0.1) is 6.61 Å². The van der Waals surface area contributed by atoms with Gasteiger partial charge in [0.2, 0.25) is 0 Å². The first-order valence-corrected chi connectivity index (χ1v) is 11.1. The van der Waals surface area contributed by atoms with Gasteiger partial charge < -0.3 is 24.4 Å². The Morgan fingerprint density at radius 3 is 2.36 bits per heavy atom. The number of esters is 1. The zero-order chi connectivity index (χ0) is 23.6. The summed E-state index contributed by atoms with van der Waals surface area (Å²) in [7, 11) is 0. The van der Waals surface area contributed by atoms with E-state index in [0.29, 0.717) is 55.0 Å². The lowest BCUT2D eigenvalue weighted by Gasteiger charge is -2.32. The van der Waals surface area contributed by atoms with E-state index in [1.807, 2.05) is 19.1 Å². The summed E-state index contributed by atoms with van der Waals surface area (Å²) < 4.78 is 16.2. The van der Waals surface area contributed by atoms with Crippen LogP contribution >= 0.6 is 0 Å². The third-order valence-corrected chi connectivity index (χ3v) is 5.34. The van der Waals surface area contributed by atoms with Crippen LogP contribution in [0.3, 0.4) is 0 Å². The van der Waals surface area contributed by atoms with Crippen molar-refractivity contribution in [2.45, 2.75) is 26.7 Å². The molecule has 1 heterocycles. The summed E-state index contributed by atoms with van der Waals surface area (Å²) in [6, 6.07) is 13.9. The minimum Gasteiger partial charge on any atom is -0.490 e. The first-order valence-electron chi connectivity index (χ1n) is 11.1. The van der Waals surface area contributed by atoms with Gasteiger partial charge in [-0.1, -0.05) is 18.2 Å². The van der Waals surface area contributed by atoms with E-state index in [-0.39, 0.29) is 18.4 Å². The first-order chi connectivity index (χ1) is 16.0. The second kappa shape index (κ2) is 11.9. The van der Waals surface area contributed by atoms with Crippen molar-refractivity contribution < 1.29 is 28.6 Å². The molecule has 33 heavy (non-hydrogen) atoms. The second-order valence-electron chi connectivity index (χ2n) is 7.83. The number of carbonyl (C=O) groups is 3. The van der Waals surface area contributed by atoms with Crippen LogP contribution in [0.4, 0.5) is 0 Å². The molecule has 1 aliphatic heterocycles. The van der Waals surface area contributed by atoms with Gasteiger partial charge in [0.1, 0.15) is 5.75 Å². The molecule has 8 nitrogen and oxygen atoms in total. The van der Waals surface area contributed by atoms with Gasteiger partial charge in [-0.2, -0.15) is 0 Å². The van der Waals surface area contributed by atoms with E-state index in [1.165, 1.54) is 6.92 Å². The van der Waals surface area contributed by atoms with Crippen LogP contribution in [0.1, 0.15) is 37.0 Å². The number of likely N-dealkylation sites (tertiary alicyclic amines) is 1. The molecule has 0 aromatic heterocycles. The zero-order valence-electron chi connectivity index (χ0n) is 19.0. The molecule has 176 valence electrons. The summed E-state index contributed by atoms with van der Waals surface area (Å²) in [4.78, 5) is 37.9. The molecule has 1 aliphatic rings. The van der Waals surface area contributed by atoms with Crippen molar-refractivity contribution in [3.05, 3.63) is 54.1 Å². The predicted molar refractivity (Wildman–Crippen MR) is 122 cm³/mol. The number of nitrogens with one attached hydrogen (secondary N) is 1. The molecule has 2 amide bonds. The van der Waals surface area contributed by atoms with Crippen LogP contribution in [0.25, 0.3) is 0 Å². The maximum atomic E-state index is 12.8. The number of carbonyl (C=O) groups excluding carboxylic acids is 3. The minimum atomic E-state index is -0.425. The Morgan fingerprint density at radius 2 is 1.70 bits per heavy atom. The highest BCUT2D eigenvalue weighted by Gasteiger charge is 2.24. The number of para-hydroxylation sites is 2. The SMILES string of the molecule is CCOc1ccccc1OCC(=O)NCC1CCN(C(=O)c2cccc(OC(C)=O)c2)CC1. The Morgan fingerprint density at radius 1 is 1.00 bits per heavy atom. The van der Waals surface area contributed by atoms with Crippen LogP contribution in [0.15, 0.2) is 48.5 Å². The average Bonchev–Trinajstić information content (AvgIpc) is 2.82. The Balaban J connectivity index is 1.41. The van der Waals surface area contributed by atoms with E-state index in [0.717, 1.165) is 12.8 Å². The van der Waals surface area contributed by atoms with Crippen LogP contribution in [-0.2, 0) is 9.59 Å². The highest BCUT2D eigenvalue weighted by Crippen LogP contribution is 2.26. The molecule has 1 N–H and O–H groups in total. The van der Waals surface area contributed by atoms with E-state index in [4.69, 9.17) is 14.2 Å². The van der Waals surface area contributed by atoms with E-state index in [9.17, 15) is 14.4 Å². The Bertz CT molecular complexity index is 969. The molecule has 1 saturated heterocycles. The van der Waals surface area contributed by atoms with Gasteiger partial charge in [0.25, 0.3) is 11.8 Å². The molecule has 8 heteroatoms. The molecule has 1 fully saturated rings. The molecule has 0 aliphatic carbocycles. The van der Waals surface area contributed by atoms with Crippen molar-refractivity contribution in [2.24, 2.45) is 5.92 Å². The molecule has 0 radical (unpaired) electrons. The van der Waals surface area contributed by atoms with Crippen molar-refractivity contribution in [2.75, 3.05) is 32.8 Å². The predicted octanol–water partition coefficient (Wildman–Crippen LogP) is 3.06. The van der Waals surface area contributed by atoms with Crippen molar-refractivity contribution in [1.29, 1.82) is 0 Å². The van der Waals surface area contributed by atoms with Gasteiger partial charge in [-0.3, -0.25) is 14.4 Å². The lowest BCUT2D eigenvalue weighted by molar-refractivity contribution is -0.131. The Hall–Kier alpha value is -3.55. The van der Waals surface area contributed by atoms with Crippen molar-refractivity contribution in [1.82, 2.24) is 10.2 Å². The number of ether oxygens (including phenoxy) is 3. The summed E-state index contributed by atoms with van der Waals surface area (Å²) in [6.45, 7) is 5.40. The Kier molecular flexibility index (Phi) is 8.69. The molecule has 3 rings (SSSR count). The number of hydrogen-bond donors (Lipinski definition) is 1. The van der Waals surface area contributed by atoms with Crippen LogP contribution in [0, 0.1) is 5.92 Å². The molecular formula is C25H30N2O6. The van der Waals surface area contributed by atoms with Crippen LogP contribution < -0.4 is 19.5 Å². The highest BCUT2D eigenvalue weighted by atomic mass is 16.5. The third kappa shape index (κ3) is 7.24. The minimum absolute atomic E-state index is 0.0832. The van der Waals surface area contributed by atoms with E-state index >= 15 is 0 Å². The number of rotatable bonds is 9. The molecular weight excluding hydrogens is 424 g/mol. The van der Waals surface area contributed by atoms with E-state index in [1.54, 1.807) is 41.3 Å². The molecule has 0 saturated carbocycles. The second-order valence-corrected chi connectivity index (χ2v) is 7.83. The van der Waals surface area contributed by atoms with Crippen LogP contribution in [0.5, 0.6) is 17.2 Å². The zero-order valence-corrected chi connectivity index (χ0v) is 19.0. The summed E-state index contributed by atoms with van der Waals surface area (Å²) >= 11 is 0. The standard InChI is InChI=1S/C25H30N2O6/c1-3-31-22-9-4-5-10-23(22)32-17-24(29)26-16-19-11-13-27(14-12-19)25(30)20-7-6-8-21(15-20)33-18(2)28/h4-10,15,19H,3,11-14,16-17H2,1-2H3,(H,26,29). The van der Waals surface area contributed by atoms with E-state index in [2.05, 4.69) is 5.32 Å². The normalized spacial score (nSPS) is 13.8. The lowest BCUT2D eigenvalue weighted by atomic mass is 9.96. The van der Waals surface area contributed by atoms with Gasteiger partial charge >= 0.3 is 5.97 Å². The maximum absolute atomic E-state index is 12.8. The monoisotopic (exact) mass is 454 g/mol. The molecule has 0 bridgehead atoms. The first kappa shape index (κ1) is 24.1. The smallest absolute Gasteiger partial charge is 0.308 e. The van der Waals surface area contributed by atoms with Crippen LogP contribution in [0.2, 0.25) is 0 Å². The summed E-state index contributed by atoms with van der Waals surface area (Å²) in [6.07, 6.45) is 1.59. The summed E-state index contributed by atoms with van der Waals surface area (Å²) in [5, 5.41) is 2.92. The van der Waals surface area contributed by atoms with E-state index < -0.39 is 5.97 Å². The van der Waals surface area contributed by atoms with Gasteiger partial charge in [0, 0.05) is 32.1 Å². The quantitative estimate of drug-likeness (QED) is 0.462. The Labute approximate surface area is 193 Å². The lowest BCUT2D eigenvalue weighted by Crippen LogP contribution is -2.42. The summed E-state index contributed by atoms with van der Waals surface area (Å²) in [5.74, 6) is 1.10. The number of amides is 2. The molecule has 0 spiro atoms. The number of piperidine rings is 1. The molecule has 2 aromatic carbocycles.